The molecular formula is C24H32N2O4. The van der Waals surface area contributed by atoms with E-state index in [1.54, 1.807) is 6.92 Å². The molecule has 1 unspecified atom stereocenters. The Kier molecular flexibility index (Phi) is 5.60. The normalized spacial score (nSPS) is 29.9. The van der Waals surface area contributed by atoms with Crippen molar-refractivity contribution >= 4 is 23.5 Å². The number of hydrogen-bond donors (Lipinski definition) is 2. The molecule has 0 saturated heterocycles. The molecule has 4 saturated carbocycles. The number of anilines is 1. The number of aryl methyl sites for hydroxylation is 2. The summed E-state index contributed by atoms with van der Waals surface area (Å²) in [5.41, 5.74) is 2.31. The second-order valence-electron chi connectivity index (χ2n) is 9.78. The van der Waals surface area contributed by atoms with Crippen LogP contribution in [-0.4, -0.2) is 30.4 Å². The molecule has 2 N–H and O–H groups in total. The fourth-order valence-corrected chi connectivity index (χ4v) is 6.21. The van der Waals surface area contributed by atoms with Gasteiger partial charge in [0.1, 0.15) is 0 Å². The molecule has 1 aromatic carbocycles. The first kappa shape index (κ1) is 20.9. The fourth-order valence-electron chi connectivity index (χ4n) is 6.21. The van der Waals surface area contributed by atoms with Crippen LogP contribution in [0.2, 0.25) is 0 Å². The molecule has 4 bridgehead atoms. The minimum Gasteiger partial charge on any atom is -0.452 e. The van der Waals surface area contributed by atoms with E-state index in [1.807, 2.05) is 32.0 Å². The van der Waals surface area contributed by atoms with Crippen molar-refractivity contribution in [2.75, 3.05) is 11.9 Å². The third kappa shape index (κ3) is 4.09. The SMILES string of the molecule is Cc1cccc(C)c1NC(=O)CNC(=O)C(C)OC(=O)C12CC3CC(CC(C3)C1)C2. The molecule has 4 aliphatic rings. The van der Waals surface area contributed by atoms with Gasteiger partial charge < -0.3 is 15.4 Å². The highest BCUT2D eigenvalue weighted by Gasteiger charge is 2.55. The first-order valence-electron chi connectivity index (χ1n) is 11.1. The fraction of sp³-hybridized carbons (Fsp3) is 0.625. The number of para-hydroxylation sites is 1. The lowest BCUT2D eigenvalue weighted by Gasteiger charge is -2.55. The Labute approximate surface area is 178 Å². The zero-order valence-electron chi connectivity index (χ0n) is 18.1. The molecule has 0 radical (unpaired) electrons. The van der Waals surface area contributed by atoms with Gasteiger partial charge in [-0.3, -0.25) is 14.4 Å². The zero-order chi connectivity index (χ0) is 21.5. The lowest BCUT2D eigenvalue weighted by molar-refractivity contribution is -0.178. The lowest BCUT2D eigenvalue weighted by atomic mass is 9.49. The highest BCUT2D eigenvalue weighted by Crippen LogP contribution is 2.60. The molecule has 0 heterocycles. The summed E-state index contributed by atoms with van der Waals surface area (Å²) in [6.07, 6.45) is 5.56. The summed E-state index contributed by atoms with van der Waals surface area (Å²) < 4.78 is 5.60. The van der Waals surface area contributed by atoms with Crippen molar-refractivity contribution in [3.05, 3.63) is 29.3 Å². The summed E-state index contributed by atoms with van der Waals surface area (Å²) in [5.74, 6) is 0.957. The first-order valence-corrected chi connectivity index (χ1v) is 11.1. The Bertz CT molecular complexity index is 807. The predicted molar refractivity (Wildman–Crippen MR) is 114 cm³/mol. The molecule has 4 aliphatic carbocycles. The highest BCUT2D eigenvalue weighted by molar-refractivity contribution is 5.96. The van der Waals surface area contributed by atoms with E-state index in [0.29, 0.717) is 17.8 Å². The van der Waals surface area contributed by atoms with E-state index >= 15 is 0 Å². The van der Waals surface area contributed by atoms with Gasteiger partial charge >= 0.3 is 5.97 Å². The van der Waals surface area contributed by atoms with Gasteiger partial charge in [-0.2, -0.15) is 0 Å². The van der Waals surface area contributed by atoms with Crippen LogP contribution in [0.5, 0.6) is 0 Å². The molecule has 6 heteroatoms. The number of carbonyl (C=O) groups excluding carboxylic acids is 3. The second-order valence-corrected chi connectivity index (χ2v) is 9.78. The molecule has 6 nitrogen and oxygen atoms in total. The predicted octanol–water partition coefficient (Wildman–Crippen LogP) is 3.51. The van der Waals surface area contributed by atoms with E-state index in [4.69, 9.17) is 4.74 Å². The van der Waals surface area contributed by atoms with Crippen LogP contribution in [0.3, 0.4) is 0 Å². The Morgan fingerprint density at radius 2 is 1.57 bits per heavy atom. The van der Waals surface area contributed by atoms with Crippen LogP contribution in [-0.2, 0) is 19.1 Å². The van der Waals surface area contributed by atoms with Gasteiger partial charge in [-0.1, -0.05) is 18.2 Å². The number of carbonyl (C=O) groups is 3. The molecule has 30 heavy (non-hydrogen) atoms. The van der Waals surface area contributed by atoms with Crippen molar-refractivity contribution in [1.82, 2.24) is 5.32 Å². The number of benzene rings is 1. The molecule has 5 rings (SSSR count). The van der Waals surface area contributed by atoms with Crippen molar-refractivity contribution in [3.63, 3.8) is 0 Å². The van der Waals surface area contributed by atoms with Gasteiger partial charge in [0, 0.05) is 5.69 Å². The minimum absolute atomic E-state index is 0.161. The van der Waals surface area contributed by atoms with Crippen LogP contribution in [0.1, 0.15) is 56.6 Å². The number of amides is 2. The Balaban J connectivity index is 1.28. The maximum Gasteiger partial charge on any atom is 0.312 e. The molecule has 0 aliphatic heterocycles. The monoisotopic (exact) mass is 412 g/mol. The van der Waals surface area contributed by atoms with Gasteiger partial charge in [-0.15, -0.1) is 0 Å². The van der Waals surface area contributed by atoms with Crippen molar-refractivity contribution in [1.29, 1.82) is 0 Å². The molecule has 4 fully saturated rings. The molecule has 2 amide bonds. The van der Waals surface area contributed by atoms with Gasteiger partial charge in [0.15, 0.2) is 6.10 Å². The summed E-state index contributed by atoms with van der Waals surface area (Å²) >= 11 is 0. The average molecular weight is 413 g/mol. The van der Waals surface area contributed by atoms with E-state index in [-0.39, 0.29) is 23.8 Å². The molecule has 1 atom stereocenters. The van der Waals surface area contributed by atoms with E-state index < -0.39 is 12.0 Å². The van der Waals surface area contributed by atoms with Gasteiger partial charge in [0.05, 0.1) is 12.0 Å². The van der Waals surface area contributed by atoms with Crippen LogP contribution in [0.15, 0.2) is 18.2 Å². The average Bonchev–Trinajstić information content (AvgIpc) is 2.68. The van der Waals surface area contributed by atoms with Crippen LogP contribution in [0, 0.1) is 37.0 Å². The zero-order valence-corrected chi connectivity index (χ0v) is 18.1. The van der Waals surface area contributed by atoms with Crippen LogP contribution in [0.25, 0.3) is 0 Å². The molecule has 0 spiro atoms. The van der Waals surface area contributed by atoms with Gasteiger partial charge in [-0.05, 0) is 88.2 Å². The topological polar surface area (TPSA) is 84.5 Å². The number of ether oxygens (including phenoxy) is 1. The smallest absolute Gasteiger partial charge is 0.312 e. The van der Waals surface area contributed by atoms with Gasteiger partial charge in [0.2, 0.25) is 5.91 Å². The number of hydrogen-bond acceptors (Lipinski definition) is 4. The maximum atomic E-state index is 13.0. The van der Waals surface area contributed by atoms with E-state index in [1.165, 1.54) is 19.3 Å². The summed E-state index contributed by atoms with van der Waals surface area (Å²) in [6.45, 7) is 5.27. The second kappa shape index (κ2) is 8.05. The Morgan fingerprint density at radius 3 is 2.10 bits per heavy atom. The third-order valence-electron chi connectivity index (χ3n) is 7.29. The summed E-state index contributed by atoms with van der Waals surface area (Å²) in [5, 5.41) is 5.43. The minimum atomic E-state index is -0.904. The maximum absolute atomic E-state index is 13.0. The molecule has 0 aromatic heterocycles. The van der Waals surface area contributed by atoms with Crippen molar-refractivity contribution in [2.45, 2.75) is 65.4 Å². The van der Waals surface area contributed by atoms with E-state index in [0.717, 1.165) is 36.1 Å². The third-order valence-corrected chi connectivity index (χ3v) is 7.29. The molecular weight excluding hydrogens is 380 g/mol. The molecule has 162 valence electrons. The van der Waals surface area contributed by atoms with Crippen molar-refractivity contribution < 1.29 is 19.1 Å². The first-order chi connectivity index (χ1) is 14.3. The van der Waals surface area contributed by atoms with Crippen LogP contribution in [0.4, 0.5) is 5.69 Å². The summed E-state index contributed by atoms with van der Waals surface area (Å²) in [6, 6.07) is 5.78. The van der Waals surface area contributed by atoms with E-state index in [2.05, 4.69) is 10.6 Å². The number of esters is 1. The number of nitrogens with one attached hydrogen (secondary N) is 2. The van der Waals surface area contributed by atoms with Crippen molar-refractivity contribution in [2.24, 2.45) is 23.2 Å². The highest BCUT2D eigenvalue weighted by atomic mass is 16.5. The Morgan fingerprint density at radius 1 is 1.03 bits per heavy atom. The van der Waals surface area contributed by atoms with E-state index in [9.17, 15) is 14.4 Å². The lowest BCUT2D eigenvalue weighted by Crippen LogP contribution is -2.52. The summed E-state index contributed by atoms with van der Waals surface area (Å²) in [4.78, 5) is 37.7. The molecule has 1 aromatic rings. The quantitative estimate of drug-likeness (QED) is 0.701. The number of rotatable bonds is 6. The Hall–Kier alpha value is -2.37. The largest absolute Gasteiger partial charge is 0.452 e. The van der Waals surface area contributed by atoms with Crippen molar-refractivity contribution in [3.8, 4) is 0 Å². The summed E-state index contributed by atoms with van der Waals surface area (Å²) in [7, 11) is 0. The standard InChI is InChI=1S/C24H32N2O4/c1-14-5-4-6-15(2)21(14)26-20(27)13-25-22(28)16(3)30-23(29)24-10-17-7-18(11-24)9-19(8-17)12-24/h4-6,16-19H,7-13H2,1-3H3,(H,25,28)(H,26,27). The van der Waals surface area contributed by atoms with Gasteiger partial charge in [-0.25, -0.2) is 0 Å². The van der Waals surface area contributed by atoms with Crippen LogP contribution >= 0.6 is 0 Å². The van der Waals surface area contributed by atoms with Gasteiger partial charge in [0.25, 0.3) is 5.91 Å². The van der Waals surface area contributed by atoms with Crippen LogP contribution < -0.4 is 10.6 Å².